The molecule has 2 aromatic carbocycles. The highest BCUT2D eigenvalue weighted by Crippen LogP contribution is 2.34. The lowest BCUT2D eigenvalue weighted by atomic mass is 10.0. The van der Waals surface area contributed by atoms with Crippen LogP contribution in [0.15, 0.2) is 58.5 Å². The van der Waals surface area contributed by atoms with Crippen LogP contribution in [-0.4, -0.2) is 50.4 Å². The maximum Gasteiger partial charge on any atom is 0.243 e. The summed E-state index contributed by atoms with van der Waals surface area (Å²) in [5.41, 5.74) is 1.45. The first-order valence-electron chi connectivity index (χ1n) is 9.09. The zero-order valence-corrected chi connectivity index (χ0v) is 17.1. The minimum Gasteiger partial charge on any atom is -0.393 e. The van der Waals surface area contributed by atoms with Crippen LogP contribution in [0.25, 0.3) is 22.0 Å². The summed E-state index contributed by atoms with van der Waals surface area (Å²) in [6.07, 6.45) is 1.95. The molecule has 0 amide bonds. The fourth-order valence-corrected chi connectivity index (χ4v) is 5.90. The summed E-state index contributed by atoms with van der Waals surface area (Å²) in [6, 6.07) is 11.1. The van der Waals surface area contributed by atoms with Gasteiger partial charge in [-0.15, -0.1) is 0 Å². The molecule has 1 fully saturated rings. The zero-order chi connectivity index (χ0) is 20.8. The predicted molar refractivity (Wildman–Crippen MR) is 109 cm³/mol. The number of nitrogens with two attached hydrogens (primary N) is 1. The molecule has 0 bridgehead atoms. The highest BCUT2D eigenvalue weighted by molar-refractivity contribution is 7.89. The van der Waals surface area contributed by atoms with E-state index in [0.717, 1.165) is 5.39 Å². The zero-order valence-electron chi connectivity index (χ0n) is 15.4. The number of rotatable bonds is 4. The number of benzene rings is 2. The van der Waals surface area contributed by atoms with E-state index in [0.29, 0.717) is 23.9 Å². The molecule has 0 unspecified atom stereocenters. The molecule has 154 valence electrons. The summed E-state index contributed by atoms with van der Waals surface area (Å²) in [7, 11) is -7.92. The molecular formula is C19H21N3O5S2. The van der Waals surface area contributed by atoms with Crippen LogP contribution in [0.4, 0.5) is 0 Å². The molecule has 1 saturated heterocycles. The van der Waals surface area contributed by atoms with Gasteiger partial charge < -0.3 is 10.1 Å². The van der Waals surface area contributed by atoms with Gasteiger partial charge in [0.1, 0.15) is 0 Å². The molecule has 0 aliphatic carbocycles. The summed E-state index contributed by atoms with van der Waals surface area (Å²) in [5, 5.41) is 15.9. The summed E-state index contributed by atoms with van der Waals surface area (Å²) >= 11 is 0. The number of aromatic amines is 1. The largest absolute Gasteiger partial charge is 0.393 e. The number of H-pyrrole nitrogens is 1. The second-order valence-corrected chi connectivity index (χ2v) is 10.6. The molecular weight excluding hydrogens is 414 g/mol. The van der Waals surface area contributed by atoms with E-state index < -0.39 is 26.2 Å². The third-order valence-electron chi connectivity index (χ3n) is 5.20. The van der Waals surface area contributed by atoms with Crippen LogP contribution in [0, 0.1) is 0 Å². The van der Waals surface area contributed by atoms with E-state index in [4.69, 9.17) is 5.14 Å². The molecule has 0 radical (unpaired) electrons. The van der Waals surface area contributed by atoms with Crippen molar-refractivity contribution in [2.45, 2.75) is 28.7 Å². The Bertz CT molecular complexity index is 1270. The molecule has 1 aliphatic rings. The Morgan fingerprint density at radius 1 is 1.00 bits per heavy atom. The van der Waals surface area contributed by atoms with E-state index in [1.165, 1.54) is 22.5 Å². The molecule has 4 N–H and O–H groups in total. The average Bonchev–Trinajstić information content (AvgIpc) is 3.16. The minimum atomic E-state index is -4.08. The fourth-order valence-electron chi connectivity index (χ4n) is 3.67. The summed E-state index contributed by atoms with van der Waals surface area (Å²) < 4.78 is 51.9. The second kappa shape index (κ2) is 7.22. The van der Waals surface area contributed by atoms with Gasteiger partial charge in [0, 0.05) is 30.4 Å². The van der Waals surface area contributed by atoms with Crippen molar-refractivity contribution in [3.05, 3.63) is 48.7 Å². The van der Waals surface area contributed by atoms with Gasteiger partial charge in [-0.1, -0.05) is 18.2 Å². The van der Waals surface area contributed by atoms with Gasteiger partial charge in [0.15, 0.2) is 0 Å². The lowest BCUT2D eigenvalue weighted by Crippen LogP contribution is -2.40. The van der Waals surface area contributed by atoms with Crippen molar-refractivity contribution in [2.24, 2.45) is 5.14 Å². The van der Waals surface area contributed by atoms with Crippen molar-refractivity contribution in [3.8, 4) is 11.1 Å². The number of aliphatic hydroxyl groups is 1. The van der Waals surface area contributed by atoms with Crippen LogP contribution in [0.1, 0.15) is 12.8 Å². The molecule has 0 spiro atoms. The molecule has 1 aromatic heterocycles. The third kappa shape index (κ3) is 3.69. The van der Waals surface area contributed by atoms with E-state index in [1.54, 1.807) is 18.3 Å². The van der Waals surface area contributed by atoms with E-state index in [1.807, 2.05) is 12.1 Å². The van der Waals surface area contributed by atoms with Gasteiger partial charge in [-0.2, -0.15) is 4.31 Å². The Hall–Kier alpha value is -2.24. The van der Waals surface area contributed by atoms with E-state index in [2.05, 4.69) is 4.98 Å². The topological polar surface area (TPSA) is 134 Å². The molecule has 1 aliphatic heterocycles. The molecule has 0 saturated carbocycles. The third-order valence-corrected chi connectivity index (χ3v) is 8.06. The molecule has 10 heteroatoms. The van der Waals surface area contributed by atoms with Gasteiger partial charge in [0.25, 0.3) is 0 Å². The lowest BCUT2D eigenvalue weighted by Gasteiger charge is -2.29. The van der Waals surface area contributed by atoms with E-state index in [9.17, 15) is 21.9 Å². The first-order chi connectivity index (χ1) is 13.7. The van der Waals surface area contributed by atoms with E-state index in [-0.39, 0.29) is 28.4 Å². The number of aliphatic hydroxyl groups excluding tert-OH is 1. The number of fused-ring (bicyclic) bond motifs is 1. The Morgan fingerprint density at radius 3 is 2.41 bits per heavy atom. The molecule has 0 atom stereocenters. The Morgan fingerprint density at radius 2 is 1.72 bits per heavy atom. The van der Waals surface area contributed by atoms with Crippen molar-refractivity contribution in [2.75, 3.05) is 13.1 Å². The maximum absolute atomic E-state index is 13.1. The number of hydrogen-bond donors (Lipinski definition) is 3. The Labute approximate surface area is 169 Å². The number of para-hydroxylation sites is 1. The number of hydrogen-bond acceptors (Lipinski definition) is 5. The van der Waals surface area contributed by atoms with Gasteiger partial charge in [-0.05, 0) is 42.5 Å². The summed E-state index contributed by atoms with van der Waals surface area (Å²) in [4.78, 5) is 2.91. The first-order valence-corrected chi connectivity index (χ1v) is 12.1. The second-order valence-electron chi connectivity index (χ2n) is 7.09. The van der Waals surface area contributed by atoms with Crippen LogP contribution in [-0.2, 0) is 20.0 Å². The molecule has 29 heavy (non-hydrogen) atoms. The number of nitrogens with one attached hydrogen (secondary N) is 1. The van der Waals surface area contributed by atoms with Crippen LogP contribution in [0.3, 0.4) is 0 Å². The van der Waals surface area contributed by atoms with Crippen LogP contribution >= 0.6 is 0 Å². The van der Waals surface area contributed by atoms with Gasteiger partial charge in [0.2, 0.25) is 20.0 Å². The van der Waals surface area contributed by atoms with Crippen molar-refractivity contribution >= 4 is 30.9 Å². The smallest absolute Gasteiger partial charge is 0.243 e. The Balaban J connectivity index is 1.89. The molecule has 3 aromatic rings. The molecule has 8 nitrogen and oxygen atoms in total. The number of aromatic nitrogens is 1. The van der Waals surface area contributed by atoms with Gasteiger partial charge in [0.05, 0.1) is 21.4 Å². The van der Waals surface area contributed by atoms with Crippen molar-refractivity contribution in [3.63, 3.8) is 0 Å². The number of piperidine rings is 1. The van der Waals surface area contributed by atoms with Gasteiger partial charge >= 0.3 is 0 Å². The quantitative estimate of drug-likeness (QED) is 0.573. The highest BCUT2D eigenvalue weighted by atomic mass is 32.2. The van der Waals surface area contributed by atoms with Gasteiger partial charge in [-0.25, -0.2) is 22.0 Å². The van der Waals surface area contributed by atoms with Crippen molar-refractivity contribution in [1.82, 2.24) is 9.29 Å². The van der Waals surface area contributed by atoms with Crippen LogP contribution < -0.4 is 5.14 Å². The molecule has 4 rings (SSSR count). The SMILES string of the molecule is NS(=O)(=O)c1ccc(S(=O)(=O)N2CCC(O)CC2)cc1-c1cccc2cc[nH]c12. The number of sulfonamides is 2. The van der Waals surface area contributed by atoms with Gasteiger partial charge in [-0.3, -0.25) is 0 Å². The van der Waals surface area contributed by atoms with Crippen LogP contribution in [0.5, 0.6) is 0 Å². The Kier molecular flexibility index (Phi) is 4.99. The summed E-state index contributed by atoms with van der Waals surface area (Å²) in [5.74, 6) is 0. The average molecular weight is 436 g/mol. The van der Waals surface area contributed by atoms with Crippen molar-refractivity contribution in [1.29, 1.82) is 0 Å². The maximum atomic E-state index is 13.1. The normalized spacial score (nSPS) is 17.0. The monoisotopic (exact) mass is 435 g/mol. The predicted octanol–water partition coefficient (Wildman–Crippen LogP) is 1.63. The lowest BCUT2D eigenvalue weighted by molar-refractivity contribution is 0.113. The summed E-state index contributed by atoms with van der Waals surface area (Å²) in [6.45, 7) is 0.421. The standard InChI is InChI=1S/C19H21N3O5S2/c20-28(24,25)18-5-4-15(29(26,27)22-10-7-14(23)8-11-22)12-17(18)16-3-1-2-13-6-9-21-19(13)16/h1-6,9,12,14,21,23H,7-8,10-11H2,(H2,20,24,25). The highest BCUT2D eigenvalue weighted by Gasteiger charge is 2.30. The number of primary sulfonamides is 1. The minimum absolute atomic E-state index is 0.0140. The molecule has 2 heterocycles. The first kappa shape index (κ1) is 20.0. The fraction of sp³-hybridized carbons (Fsp3) is 0.263. The number of nitrogens with zero attached hydrogens (tertiary/aromatic N) is 1. The van der Waals surface area contributed by atoms with E-state index >= 15 is 0 Å². The van der Waals surface area contributed by atoms with Crippen LogP contribution in [0.2, 0.25) is 0 Å². The van der Waals surface area contributed by atoms with Crippen molar-refractivity contribution < 1.29 is 21.9 Å².